The van der Waals surface area contributed by atoms with Gasteiger partial charge in [-0.05, 0) is 6.42 Å². The maximum absolute atomic E-state index is 5.46. The lowest BCUT2D eigenvalue weighted by Crippen LogP contribution is -1.91. The highest BCUT2D eigenvalue weighted by molar-refractivity contribution is 7.15. The fraction of sp³-hybridized carbons (Fsp3) is 0.714. The van der Waals surface area contributed by atoms with Crippen LogP contribution in [0.4, 0.5) is 5.13 Å². The van der Waals surface area contributed by atoms with Gasteiger partial charge in [0.1, 0.15) is 5.01 Å². The highest BCUT2D eigenvalue weighted by Gasteiger charge is 2.08. The van der Waals surface area contributed by atoms with E-state index in [2.05, 4.69) is 24.0 Å². The molecule has 1 aromatic heterocycles. The molecular weight excluding hydrogens is 158 g/mol. The summed E-state index contributed by atoms with van der Waals surface area (Å²) in [6.07, 6.45) is 2.34. The Morgan fingerprint density at radius 3 is 2.73 bits per heavy atom. The van der Waals surface area contributed by atoms with Crippen LogP contribution < -0.4 is 5.73 Å². The summed E-state index contributed by atoms with van der Waals surface area (Å²) in [5, 5.41) is 9.38. The van der Waals surface area contributed by atoms with Gasteiger partial charge in [-0.15, -0.1) is 10.2 Å². The molecule has 0 aliphatic heterocycles. The number of anilines is 1. The molecule has 4 heteroatoms. The smallest absolute Gasteiger partial charge is 0.203 e. The van der Waals surface area contributed by atoms with E-state index in [4.69, 9.17) is 5.73 Å². The first kappa shape index (κ1) is 8.46. The van der Waals surface area contributed by atoms with Crippen LogP contribution in [0.5, 0.6) is 0 Å². The van der Waals surface area contributed by atoms with Crippen molar-refractivity contribution in [3.63, 3.8) is 0 Å². The van der Waals surface area contributed by atoms with E-state index in [0.717, 1.165) is 11.4 Å². The Morgan fingerprint density at radius 2 is 2.27 bits per heavy atom. The van der Waals surface area contributed by atoms with Crippen LogP contribution in [-0.4, -0.2) is 10.2 Å². The van der Waals surface area contributed by atoms with Crippen molar-refractivity contribution in [2.45, 2.75) is 32.6 Å². The zero-order chi connectivity index (χ0) is 8.27. The molecule has 0 spiro atoms. The van der Waals surface area contributed by atoms with Crippen LogP contribution in [0.1, 0.15) is 37.6 Å². The molecule has 0 amide bonds. The van der Waals surface area contributed by atoms with Crippen molar-refractivity contribution in [3.05, 3.63) is 5.01 Å². The van der Waals surface area contributed by atoms with Gasteiger partial charge in [0.25, 0.3) is 0 Å². The highest BCUT2D eigenvalue weighted by Crippen LogP contribution is 2.24. The van der Waals surface area contributed by atoms with Crippen LogP contribution in [0.15, 0.2) is 0 Å². The summed E-state index contributed by atoms with van der Waals surface area (Å²) < 4.78 is 0. The maximum Gasteiger partial charge on any atom is 0.203 e. The lowest BCUT2D eigenvalue weighted by atomic mass is 10.1. The fourth-order valence-corrected chi connectivity index (χ4v) is 1.70. The second-order valence-corrected chi connectivity index (χ2v) is 3.71. The van der Waals surface area contributed by atoms with Crippen molar-refractivity contribution in [1.29, 1.82) is 0 Å². The first-order valence-electron chi connectivity index (χ1n) is 3.83. The lowest BCUT2D eigenvalue weighted by molar-refractivity contribution is 0.654. The number of rotatable bonds is 3. The molecule has 11 heavy (non-hydrogen) atoms. The number of nitrogen functional groups attached to an aromatic ring is 1. The van der Waals surface area contributed by atoms with Crippen molar-refractivity contribution in [1.82, 2.24) is 10.2 Å². The Balaban J connectivity index is 2.60. The van der Waals surface area contributed by atoms with Gasteiger partial charge < -0.3 is 5.73 Å². The zero-order valence-corrected chi connectivity index (χ0v) is 7.69. The molecule has 0 aliphatic rings. The molecule has 0 aromatic carbocycles. The van der Waals surface area contributed by atoms with Crippen LogP contribution >= 0.6 is 11.3 Å². The summed E-state index contributed by atoms with van der Waals surface area (Å²) in [6.45, 7) is 4.32. The van der Waals surface area contributed by atoms with Crippen molar-refractivity contribution >= 4 is 16.5 Å². The van der Waals surface area contributed by atoms with E-state index < -0.39 is 0 Å². The van der Waals surface area contributed by atoms with Gasteiger partial charge >= 0.3 is 0 Å². The molecule has 0 bridgehead atoms. The molecule has 1 heterocycles. The Kier molecular flexibility index (Phi) is 2.82. The molecule has 1 atom stereocenters. The molecule has 0 radical (unpaired) electrons. The van der Waals surface area contributed by atoms with Crippen LogP contribution in [0.25, 0.3) is 0 Å². The van der Waals surface area contributed by atoms with Crippen LogP contribution in [0, 0.1) is 0 Å². The molecule has 3 nitrogen and oxygen atoms in total. The Morgan fingerprint density at radius 1 is 1.55 bits per heavy atom. The van der Waals surface area contributed by atoms with E-state index in [9.17, 15) is 0 Å². The average molecular weight is 171 g/mol. The molecule has 1 rings (SSSR count). The SMILES string of the molecule is CCC[C@H](C)c1nnc(N)s1. The predicted octanol–water partition coefficient (Wildman–Crippen LogP) is 2.02. The highest BCUT2D eigenvalue weighted by atomic mass is 32.1. The standard InChI is InChI=1S/C7H13N3S/c1-3-4-5(2)6-9-10-7(8)11-6/h5H,3-4H2,1-2H3,(H2,8,10)/t5-/m0/s1. The van der Waals surface area contributed by atoms with Gasteiger partial charge in [0.05, 0.1) is 0 Å². The molecule has 62 valence electrons. The van der Waals surface area contributed by atoms with Gasteiger partial charge in [0.15, 0.2) is 0 Å². The summed E-state index contributed by atoms with van der Waals surface area (Å²) in [7, 11) is 0. The number of nitrogens with zero attached hydrogens (tertiary/aromatic N) is 2. The van der Waals surface area contributed by atoms with Gasteiger partial charge in [-0.2, -0.15) is 0 Å². The van der Waals surface area contributed by atoms with Crippen LogP contribution in [0.3, 0.4) is 0 Å². The molecule has 2 N–H and O–H groups in total. The fourth-order valence-electron chi connectivity index (χ4n) is 1.00. The van der Waals surface area contributed by atoms with Crippen LogP contribution in [-0.2, 0) is 0 Å². The normalized spacial score (nSPS) is 13.3. The minimum absolute atomic E-state index is 0.509. The first-order chi connectivity index (χ1) is 5.24. The third kappa shape index (κ3) is 2.15. The van der Waals surface area contributed by atoms with Gasteiger partial charge in [-0.25, -0.2) is 0 Å². The van der Waals surface area contributed by atoms with E-state index >= 15 is 0 Å². The molecule has 0 saturated heterocycles. The monoisotopic (exact) mass is 171 g/mol. The lowest BCUT2D eigenvalue weighted by Gasteiger charge is -2.02. The summed E-state index contributed by atoms with van der Waals surface area (Å²) in [5.74, 6) is 0.509. The summed E-state index contributed by atoms with van der Waals surface area (Å²) in [4.78, 5) is 0. The molecule has 0 saturated carbocycles. The van der Waals surface area contributed by atoms with E-state index in [1.807, 2.05) is 0 Å². The average Bonchev–Trinajstić information content (AvgIpc) is 2.36. The van der Waals surface area contributed by atoms with Gasteiger partial charge in [0.2, 0.25) is 5.13 Å². The maximum atomic E-state index is 5.46. The van der Waals surface area contributed by atoms with E-state index in [1.165, 1.54) is 17.8 Å². The van der Waals surface area contributed by atoms with Crippen molar-refractivity contribution in [2.24, 2.45) is 0 Å². The second-order valence-electron chi connectivity index (χ2n) is 2.67. The molecule has 0 fully saturated rings. The third-order valence-corrected chi connectivity index (χ3v) is 2.58. The number of hydrogen-bond acceptors (Lipinski definition) is 4. The van der Waals surface area contributed by atoms with Crippen molar-refractivity contribution in [3.8, 4) is 0 Å². The van der Waals surface area contributed by atoms with Crippen LogP contribution in [0.2, 0.25) is 0 Å². The largest absolute Gasteiger partial charge is 0.374 e. The van der Waals surface area contributed by atoms with Crippen molar-refractivity contribution in [2.75, 3.05) is 5.73 Å². The third-order valence-electron chi connectivity index (χ3n) is 1.60. The zero-order valence-electron chi connectivity index (χ0n) is 6.87. The Labute approximate surface area is 70.6 Å². The Hall–Kier alpha value is -0.640. The second kappa shape index (κ2) is 3.67. The van der Waals surface area contributed by atoms with Crippen molar-refractivity contribution < 1.29 is 0 Å². The minimum Gasteiger partial charge on any atom is -0.374 e. The van der Waals surface area contributed by atoms with E-state index in [1.54, 1.807) is 0 Å². The number of nitrogens with two attached hydrogens (primary N) is 1. The van der Waals surface area contributed by atoms with Gasteiger partial charge in [-0.3, -0.25) is 0 Å². The molecular formula is C7H13N3S. The molecule has 1 aromatic rings. The summed E-state index contributed by atoms with van der Waals surface area (Å²) in [6, 6.07) is 0. The number of aromatic nitrogens is 2. The molecule has 0 aliphatic carbocycles. The number of hydrogen-bond donors (Lipinski definition) is 1. The van der Waals surface area contributed by atoms with Gasteiger partial charge in [-0.1, -0.05) is 31.6 Å². The predicted molar refractivity (Wildman–Crippen MR) is 47.6 cm³/mol. The minimum atomic E-state index is 0.509. The van der Waals surface area contributed by atoms with E-state index in [0.29, 0.717) is 11.0 Å². The molecule has 0 unspecified atom stereocenters. The summed E-state index contributed by atoms with van der Waals surface area (Å²) in [5.41, 5.74) is 5.46. The van der Waals surface area contributed by atoms with E-state index in [-0.39, 0.29) is 0 Å². The topological polar surface area (TPSA) is 51.8 Å². The summed E-state index contributed by atoms with van der Waals surface area (Å²) >= 11 is 1.49. The quantitative estimate of drug-likeness (QED) is 0.757. The Bertz CT molecular complexity index is 221. The van der Waals surface area contributed by atoms with Gasteiger partial charge in [0, 0.05) is 5.92 Å². The first-order valence-corrected chi connectivity index (χ1v) is 4.64.